The van der Waals surface area contributed by atoms with Gasteiger partial charge in [0.15, 0.2) is 0 Å². The van der Waals surface area contributed by atoms with Gasteiger partial charge in [0.2, 0.25) is 5.91 Å². The highest BCUT2D eigenvalue weighted by molar-refractivity contribution is 5.94. The summed E-state index contributed by atoms with van der Waals surface area (Å²) in [5.74, 6) is -0.0632. The Morgan fingerprint density at radius 1 is 1.31 bits per heavy atom. The van der Waals surface area contributed by atoms with Gasteiger partial charge in [-0.05, 0) is 36.9 Å². The van der Waals surface area contributed by atoms with Crippen molar-refractivity contribution in [1.82, 2.24) is 14.8 Å². The summed E-state index contributed by atoms with van der Waals surface area (Å²) in [6, 6.07) is 3.42. The monoisotopic (exact) mass is 404 g/mol. The number of hydrogen-bond donors (Lipinski definition) is 1. The van der Waals surface area contributed by atoms with E-state index in [2.05, 4.69) is 18.8 Å². The molecule has 1 aromatic heterocycles. The number of amides is 2. The van der Waals surface area contributed by atoms with Crippen LogP contribution >= 0.6 is 24.8 Å². The van der Waals surface area contributed by atoms with Gasteiger partial charge in [-0.2, -0.15) is 0 Å². The molecular formula is C18H30Cl2N4O2. The van der Waals surface area contributed by atoms with Crippen LogP contribution in [0.1, 0.15) is 37.0 Å². The number of likely N-dealkylation sites (tertiary alicyclic amines) is 1. The van der Waals surface area contributed by atoms with Crippen LogP contribution in [0.25, 0.3) is 0 Å². The summed E-state index contributed by atoms with van der Waals surface area (Å²) in [5.41, 5.74) is 6.28. The van der Waals surface area contributed by atoms with Crippen molar-refractivity contribution < 1.29 is 9.59 Å². The minimum Gasteiger partial charge on any atom is -0.345 e. The summed E-state index contributed by atoms with van der Waals surface area (Å²) < 4.78 is 0. The molecule has 2 rings (SSSR count). The summed E-state index contributed by atoms with van der Waals surface area (Å²) in [7, 11) is 1.82. The molecule has 0 saturated carbocycles. The Labute approximate surface area is 168 Å². The summed E-state index contributed by atoms with van der Waals surface area (Å²) in [6.45, 7) is 6.43. The number of rotatable bonds is 5. The lowest BCUT2D eigenvalue weighted by molar-refractivity contribution is -0.136. The minimum atomic E-state index is -0.136. The molecule has 1 aliphatic rings. The Kier molecular flexibility index (Phi) is 10.1. The topological polar surface area (TPSA) is 79.5 Å². The molecule has 0 aromatic carbocycles. The van der Waals surface area contributed by atoms with Gasteiger partial charge in [-0.25, -0.2) is 0 Å². The van der Waals surface area contributed by atoms with Gasteiger partial charge in [0.05, 0.1) is 5.92 Å². The highest BCUT2D eigenvalue weighted by Crippen LogP contribution is 2.22. The van der Waals surface area contributed by atoms with Crippen molar-refractivity contribution >= 4 is 36.6 Å². The van der Waals surface area contributed by atoms with Gasteiger partial charge in [-0.15, -0.1) is 24.8 Å². The van der Waals surface area contributed by atoms with Gasteiger partial charge in [0, 0.05) is 44.6 Å². The average molecular weight is 405 g/mol. The predicted molar refractivity (Wildman–Crippen MR) is 108 cm³/mol. The lowest BCUT2D eigenvalue weighted by Crippen LogP contribution is -2.48. The summed E-state index contributed by atoms with van der Waals surface area (Å²) in [4.78, 5) is 32.8. The highest BCUT2D eigenvalue weighted by Gasteiger charge is 2.32. The third-order valence-electron chi connectivity index (χ3n) is 4.58. The van der Waals surface area contributed by atoms with Crippen LogP contribution < -0.4 is 5.73 Å². The SMILES string of the molecule is CN(CC(C)(C)CN)C(=O)C1CCCN(C(=O)c2ccncc2)C1.Cl.Cl. The van der Waals surface area contributed by atoms with E-state index in [9.17, 15) is 9.59 Å². The lowest BCUT2D eigenvalue weighted by Gasteiger charge is -2.36. The maximum atomic E-state index is 12.7. The molecule has 0 aliphatic carbocycles. The molecule has 148 valence electrons. The van der Waals surface area contributed by atoms with Crippen molar-refractivity contribution in [3.05, 3.63) is 30.1 Å². The average Bonchev–Trinajstić information content (AvgIpc) is 2.61. The first-order valence-corrected chi connectivity index (χ1v) is 8.48. The summed E-state index contributed by atoms with van der Waals surface area (Å²) >= 11 is 0. The normalized spacial score (nSPS) is 16.9. The highest BCUT2D eigenvalue weighted by atomic mass is 35.5. The quantitative estimate of drug-likeness (QED) is 0.815. The van der Waals surface area contributed by atoms with E-state index in [0.717, 1.165) is 12.8 Å². The van der Waals surface area contributed by atoms with Gasteiger partial charge in [-0.1, -0.05) is 13.8 Å². The number of piperidine rings is 1. The molecule has 1 aliphatic heterocycles. The fourth-order valence-electron chi connectivity index (χ4n) is 3.14. The van der Waals surface area contributed by atoms with E-state index in [1.54, 1.807) is 34.3 Å². The van der Waals surface area contributed by atoms with Crippen LogP contribution in [0.3, 0.4) is 0 Å². The number of nitrogens with two attached hydrogens (primary N) is 1. The Morgan fingerprint density at radius 2 is 1.92 bits per heavy atom. The number of hydrogen-bond acceptors (Lipinski definition) is 4. The van der Waals surface area contributed by atoms with Gasteiger partial charge in [-0.3, -0.25) is 14.6 Å². The van der Waals surface area contributed by atoms with Crippen LogP contribution in [0.4, 0.5) is 0 Å². The molecule has 2 N–H and O–H groups in total. The first-order valence-electron chi connectivity index (χ1n) is 8.48. The molecule has 2 heterocycles. The second kappa shape index (κ2) is 10.7. The van der Waals surface area contributed by atoms with Gasteiger partial charge < -0.3 is 15.5 Å². The van der Waals surface area contributed by atoms with Crippen LogP contribution in [-0.2, 0) is 4.79 Å². The zero-order valence-electron chi connectivity index (χ0n) is 15.7. The molecule has 1 fully saturated rings. The van der Waals surface area contributed by atoms with Crippen molar-refractivity contribution in [2.45, 2.75) is 26.7 Å². The zero-order chi connectivity index (χ0) is 17.7. The molecular weight excluding hydrogens is 375 g/mol. The van der Waals surface area contributed by atoms with E-state index in [-0.39, 0.29) is 48.0 Å². The second-order valence-electron chi connectivity index (χ2n) is 7.39. The van der Waals surface area contributed by atoms with E-state index in [4.69, 9.17) is 5.73 Å². The smallest absolute Gasteiger partial charge is 0.253 e. The lowest BCUT2D eigenvalue weighted by atomic mass is 9.91. The largest absolute Gasteiger partial charge is 0.345 e. The molecule has 26 heavy (non-hydrogen) atoms. The third-order valence-corrected chi connectivity index (χ3v) is 4.58. The summed E-state index contributed by atoms with van der Waals surface area (Å²) in [6.07, 6.45) is 4.90. The van der Waals surface area contributed by atoms with Crippen molar-refractivity contribution in [1.29, 1.82) is 0 Å². The molecule has 6 nitrogen and oxygen atoms in total. The predicted octanol–water partition coefficient (Wildman–Crippen LogP) is 2.22. The number of pyridine rings is 1. The maximum Gasteiger partial charge on any atom is 0.253 e. The number of nitrogens with zero attached hydrogens (tertiary/aromatic N) is 3. The van der Waals surface area contributed by atoms with Crippen LogP contribution in [0.5, 0.6) is 0 Å². The maximum absolute atomic E-state index is 12.7. The Morgan fingerprint density at radius 3 is 2.50 bits per heavy atom. The first-order chi connectivity index (χ1) is 11.3. The Balaban J connectivity index is 0.00000312. The van der Waals surface area contributed by atoms with Crippen molar-refractivity contribution in [2.24, 2.45) is 17.1 Å². The third kappa shape index (κ3) is 6.41. The van der Waals surface area contributed by atoms with Crippen molar-refractivity contribution in [2.75, 3.05) is 33.2 Å². The van der Waals surface area contributed by atoms with E-state index < -0.39 is 0 Å². The van der Waals surface area contributed by atoms with E-state index in [0.29, 0.717) is 31.7 Å². The molecule has 1 saturated heterocycles. The van der Waals surface area contributed by atoms with Crippen LogP contribution in [0, 0.1) is 11.3 Å². The van der Waals surface area contributed by atoms with Crippen molar-refractivity contribution in [3.63, 3.8) is 0 Å². The number of carbonyl (C=O) groups excluding carboxylic acids is 2. The van der Waals surface area contributed by atoms with Gasteiger partial charge in [0.25, 0.3) is 5.91 Å². The summed E-state index contributed by atoms with van der Waals surface area (Å²) in [5, 5.41) is 0. The molecule has 2 amide bonds. The number of carbonyl (C=O) groups is 2. The fraction of sp³-hybridized carbons (Fsp3) is 0.611. The fourth-order valence-corrected chi connectivity index (χ4v) is 3.14. The van der Waals surface area contributed by atoms with Gasteiger partial charge in [0.1, 0.15) is 0 Å². The second-order valence-corrected chi connectivity index (χ2v) is 7.39. The van der Waals surface area contributed by atoms with Crippen LogP contribution in [-0.4, -0.2) is 59.8 Å². The van der Waals surface area contributed by atoms with Crippen LogP contribution in [0.2, 0.25) is 0 Å². The Bertz CT molecular complexity index is 584. The van der Waals surface area contributed by atoms with Crippen molar-refractivity contribution in [3.8, 4) is 0 Å². The first kappa shape index (κ1) is 24.6. The molecule has 8 heteroatoms. The minimum absolute atomic E-state index is 0. The van der Waals surface area contributed by atoms with Crippen LogP contribution in [0.15, 0.2) is 24.5 Å². The Hall–Kier alpha value is -1.37. The molecule has 0 radical (unpaired) electrons. The van der Waals surface area contributed by atoms with E-state index in [1.807, 2.05) is 7.05 Å². The van der Waals surface area contributed by atoms with E-state index in [1.165, 1.54) is 0 Å². The number of aromatic nitrogens is 1. The zero-order valence-corrected chi connectivity index (χ0v) is 17.3. The molecule has 0 spiro atoms. The van der Waals surface area contributed by atoms with E-state index >= 15 is 0 Å². The molecule has 0 bridgehead atoms. The standard InChI is InChI=1S/C18H28N4O2.2ClH/c1-18(2,12-19)13-21(3)16(23)15-5-4-10-22(11-15)17(24)14-6-8-20-9-7-14;;/h6-9,15H,4-5,10-13,19H2,1-3H3;2*1H. The van der Waals surface area contributed by atoms with Gasteiger partial charge >= 0.3 is 0 Å². The molecule has 1 atom stereocenters. The molecule has 1 aromatic rings. The molecule has 1 unspecified atom stereocenters. The number of halogens is 2.